The zero-order chi connectivity index (χ0) is 19.2. The summed E-state index contributed by atoms with van der Waals surface area (Å²) in [5.74, 6) is 0.129. The number of alkyl halides is 3. The summed E-state index contributed by atoms with van der Waals surface area (Å²) < 4.78 is 66.6. The molecule has 1 N–H and O–H groups in total. The van der Waals surface area contributed by atoms with E-state index >= 15 is 0 Å². The minimum Gasteiger partial charge on any atom is -0.316 e. The maximum absolute atomic E-state index is 13.1. The van der Waals surface area contributed by atoms with Gasteiger partial charge in [0.2, 0.25) is 10.0 Å². The summed E-state index contributed by atoms with van der Waals surface area (Å²) in [7, 11) is -4.07. The van der Waals surface area contributed by atoms with Crippen LogP contribution in [0.1, 0.15) is 22.7 Å². The summed E-state index contributed by atoms with van der Waals surface area (Å²) in [5, 5.41) is 3.26. The number of sulfonamides is 1. The quantitative estimate of drug-likeness (QED) is 0.846. The molecule has 1 fully saturated rings. The van der Waals surface area contributed by atoms with E-state index in [2.05, 4.69) is 10.3 Å². The Morgan fingerprint density at radius 3 is 2.74 bits per heavy atom. The molecule has 1 aromatic heterocycles. The van der Waals surface area contributed by atoms with Gasteiger partial charge in [-0.15, -0.1) is 0 Å². The minimum atomic E-state index is -4.60. The highest BCUT2D eigenvalue weighted by atomic mass is 32.2. The van der Waals surface area contributed by atoms with E-state index in [9.17, 15) is 21.6 Å². The number of nitrogens with one attached hydrogen (secondary N) is 1. The summed E-state index contributed by atoms with van der Waals surface area (Å²) in [4.78, 5) is 4.11. The summed E-state index contributed by atoms with van der Waals surface area (Å²) in [6.45, 7) is 1.71. The van der Waals surface area contributed by atoms with Crippen molar-refractivity contribution in [3.05, 3.63) is 59.4 Å². The highest BCUT2D eigenvalue weighted by molar-refractivity contribution is 7.89. The smallest absolute Gasteiger partial charge is 0.316 e. The van der Waals surface area contributed by atoms with Crippen LogP contribution in [0.15, 0.2) is 47.5 Å². The number of halogens is 3. The topological polar surface area (TPSA) is 62.3 Å². The largest absolute Gasteiger partial charge is 0.416 e. The zero-order valence-corrected chi connectivity index (χ0v) is 15.1. The molecule has 2 aliphatic rings. The van der Waals surface area contributed by atoms with Gasteiger partial charge in [-0.25, -0.2) is 8.42 Å². The first-order chi connectivity index (χ1) is 12.8. The van der Waals surface area contributed by atoms with Gasteiger partial charge in [-0.3, -0.25) is 4.98 Å². The molecule has 5 nitrogen and oxygen atoms in total. The molecule has 0 bridgehead atoms. The third-order valence-corrected chi connectivity index (χ3v) is 7.01. The summed E-state index contributed by atoms with van der Waals surface area (Å²) in [6, 6.07) is 7.49. The summed E-state index contributed by atoms with van der Waals surface area (Å²) in [6.07, 6.45) is -2.91. The second-order valence-corrected chi connectivity index (χ2v) is 8.83. The highest BCUT2D eigenvalue weighted by Gasteiger charge is 2.40. The molecule has 0 amide bonds. The fourth-order valence-corrected chi connectivity index (χ4v) is 5.37. The van der Waals surface area contributed by atoms with Gasteiger partial charge in [0.15, 0.2) is 0 Å². The molecule has 0 spiro atoms. The van der Waals surface area contributed by atoms with Crippen molar-refractivity contribution in [3.8, 4) is 0 Å². The van der Waals surface area contributed by atoms with E-state index in [1.807, 2.05) is 6.07 Å². The van der Waals surface area contributed by atoms with Crippen molar-refractivity contribution < 1.29 is 21.6 Å². The van der Waals surface area contributed by atoms with Crippen molar-refractivity contribution in [1.29, 1.82) is 0 Å². The Kier molecular flexibility index (Phi) is 4.48. The molecule has 3 heterocycles. The number of hydrogen-bond acceptors (Lipinski definition) is 4. The number of pyridine rings is 1. The van der Waals surface area contributed by atoms with Crippen LogP contribution in [0.4, 0.5) is 13.2 Å². The van der Waals surface area contributed by atoms with E-state index in [1.54, 1.807) is 12.3 Å². The number of fused-ring (bicyclic) bond motifs is 3. The molecular weight excluding hydrogens is 379 g/mol. The van der Waals surface area contributed by atoms with E-state index in [0.29, 0.717) is 19.2 Å². The Morgan fingerprint density at radius 1 is 1.15 bits per heavy atom. The minimum absolute atomic E-state index is 0.0294. The summed E-state index contributed by atoms with van der Waals surface area (Å²) >= 11 is 0. The van der Waals surface area contributed by atoms with Crippen molar-refractivity contribution in [1.82, 2.24) is 14.6 Å². The monoisotopic (exact) mass is 397 g/mol. The van der Waals surface area contributed by atoms with Gasteiger partial charge in [0, 0.05) is 37.4 Å². The van der Waals surface area contributed by atoms with Gasteiger partial charge in [0.25, 0.3) is 0 Å². The van der Waals surface area contributed by atoms with Crippen LogP contribution >= 0.6 is 0 Å². The molecule has 2 aromatic rings. The van der Waals surface area contributed by atoms with Crippen LogP contribution in [0.3, 0.4) is 0 Å². The van der Waals surface area contributed by atoms with Crippen LogP contribution in [0.5, 0.6) is 0 Å². The van der Waals surface area contributed by atoms with Gasteiger partial charge in [-0.05, 0) is 42.3 Å². The number of aromatic nitrogens is 1. The van der Waals surface area contributed by atoms with Gasteiger partial charge in [-0.2, -0.15) is 17.5 Å². The predicted octanol–water partition coefficient (Wildman–Crippen LogP) is 2.61. The lowest BCUT2D eigenvalue weighted by Gasteiger charge is -2.24. The van der Waals surface area contributed by atoms with Crippen LogP contribution < -0.4 is 5.32 Å². The molecule has 1 saturated heterocycles. The first kappa shape index (κ1) is 18.4. The maximum atomic E-state index is 13.1. The van der Waals surface area contributed by atoms with Crippen LogP contribution in [0.25, 0.3) is 0 Å². The van der Waals surface area contributed by atoms with Crippen molar-refractivity contribution in [2.24, 2.45) is 5.92 Å². The number of hydrogen-bond donors (Lipinski definition) is 1. The fourth-order valence-electron chi connectivity index (χ4n) is 3.84. The molecule has 2 atom stereocenters. The number of rotatable bonds is 2. The molecule has 0 aliphatic carbocycles. The maximum Gasteiger partial charge on any atom is 0.416 e. The second kappa shape index (κ2) is 6.57. The predicted molar refractivity (Wildman–Crippen MR) is 92.4 cm³/mol. The Balaban J connectivity index is 1.74. The SMILES string of the molecule is O=S(=O)(c1cccc(C(F)(F)F)c1)N1Cc2cccnc2[C@@H]2CNC[C@H]2C1. The van der Waals surface area contributed by atoms with Crippen molar-refractivity contribution >= 4 is 10.0 Å². The highest BCUT2D eigenvalue weighted by Crippen LogP contribution is 2.36. The van der Waals surface area contributed by atoms with Gasteiger partial charge >= 0.3 is 6.18 Å². The lowest BCUT2D eigenvalue weighted by Crippen LogP contribution is -2.35. The zero-order valence-electron chi connectivity index (χ0n) is 14.3. The number of nitrogens with zero attached hydrogens (tertiary/aromatic N) is 2. The molecule has 2 aliphatic heterocycles. The molecule has 0 saturated carbocycles. The molecular formula is C18H18F3N3O2S. The molecule has 1 aromatic carbocycles. The molecule has 9 heteroatoms. The Hall–Kier alpha value is -1.97. The standard InChI is InChI=1S/C18H18F3N3O2S/c19-18(20,21)14-4-1-5-15(7-14)27(25,26)24-10-12-3-2-6-23-17(12)16-9-22-8-13(16)11-24/h1-7,13,16,22H,8-11H2/t13-,16+/m0/s1. The Bertz CT molecular complexity index is 962. The van der Waals surface area contributed by atoms with Crippen LogP contribution in [0.2, 0.25) is 0 Å². The molecule has 27 heavy (non-hydrogen) atoms. The normalized spacial score (nSPS) is 23.5. The lowest BCUT2D eigenvalue weighted by atomic mass is 9.91. The molecule has 0 radical (unpaired) electrons. The Labute approximate surface area is 155 Å². The van der Waals surface area contributed by atoms with Crippen LogP contribution in [-0.4, -0.2) is 37.3 Å². The first-order valence-corrected chi connectivity index (χ1v) is 10.0. The number of benzene rings is 1. The lowest BCUT2D eigenvalue weighted by molar-refractivity contribution is -0.137. The van der Waals surface area contributed by atoms with E-state index in [-0.39, 0.29) is 29.8 Å². The average molecular weight is 397 g/mol. The molecule has 144 valence electrons. The van der Waals surface area contributed by atoms with Gasteiger partial charge in [0.05, 0.1) is 10.5 Å². The van der Waals surface area contributed by atoms with E-state index in [0.717, 1.165) is 23.4 Å². The fraction of sp³-hybridized carbons (Fsp3) is 0.389. The molecule has 4 rings (SSSR count). The van der Waals surface area contributed by atoms with E-state index in [1.165, 1.54) is 10.4 Å². The summed E-state index contributed by atoms with van der Waals surface area (Å²) in [5.41, 5.74) is 0.694. The van der Waals surface area contributed by atoms with Crippen molar-refractivity contribution in [2.75, 3.05) is 19.6 Å². The van der Waals surface area contributed by atoms with Crippen LogP contribution in [-0.2, 0) is 22.7 Å². The first-order valence-electron chi connectivity index (χ1n) is 8.59. The van der Waals surface area contributed by atoms with Gasteiger partial charge < -0.3 is 5.32 Å². The van der Waals surface area contributed by atoms with Gasteiger partial charge in [-0.1, -0.05) is 12.1 Å². The van der Waals surface area contributed by atoms with Crippen molar-refractivity contribution in [2.45, 2.75) is 23.5 Å². The second-order valence-electron chi connectivity index (χ2n) is 6.90. The van der Waals surface area contributed by atoms with Gasteiger partial charge in [0.1, 0.15) is 0 Å². The third kappa shape index (κ3) is 3.35. The van der Waals surface area contributed by atoms with Crippen LogP contribution in [0, 0.1) is 5.92 Å². The van der Waals surface area contributed by atoms with Crippen molar-refractivity contribution in [3.63, 3.8) is 0 Å². The average Bonchev–Trinajstić information content (AvgIpc) is 3.03. The third-order valence-electron chi connectivity index (χ3n) is 5.20. The Morgan fingerprint density at radius 2 is 1.96 bits per heavy atom. The van der Waals surface area contributed by atoms with E-state index in [4.69, 9.17) is 0 Å². The molecule has 0 unspecified atom stereocenters. The van der Waals surface area contributed by atoms with E-state index < -0.39 is 21.8 Å².